The second-order valence-electron chi connectivity index (χ2n) is 5.44. The lowest BCUT2D eigenvalue weighted by Crippen LogP contribution is -2.40. The zero-order chi connectivity index (χ0) is 12.3. The van der Waals surface area contributed by atoms with Gasteiger partial charge < -0.3 is 0 Å². The van der Waals surface area contributed by atoms with E-state index in [4.69, 9.17) is 5.84 Å². The summed E-state index contributed by atoms with van der Waals surface area (Å²) >= 11 is 0. The van der Waals surface area contributed by atoms with Gasteiger partial charge >= 0.3 is 0 Å². The number of nitrogens with zero attached hydrogens (tertiary/aromatic N) is 2. The molecule has 1 unspecified atom stereocenters. The Bertz CT molecular complexity index is 352. The second-order valence-corrected chi connectivity index (χ2v) is 5.44. The Hall–Kier alpha value is -0.870. The van der Waals surface area contributed by atoms with Crippen LogP contribution in [0, 0.1) is 5.41 Å². The molecule has 4 nitrogen and oxygen atoms in total. The summed E-state index contributed by atoms with van der Waals surface area (Å²) in [4.78, 5) is 0. The molecule has 0 bridgehead atoms. The first-order valence-corrected chi connectivity index (χ1v) is 6.69. The number of hydrazine groups is 1. The summed E-state index contributed by atoms with van der Waals surface area (Å²) in [5.74, 6) is 5.80. The van der Waals surface area contributed by atoms with Crippen molar-refractivity contribution in [3.8, 4) is 0 Å². The van der Waals surface area contributed by atoms with Gasteiger partial charge in [-0.2, -0.15) is 5.10 Å². The van der Waals surface area contributed by atoms with Gasteiger partial charge in [-0.15, -0.1) is 0 Å². The van der Waals surface area contributed by atoms with Gasteiger partial charge in [0.2, 0.25) is 0 Å². The average molecular weight is 236 g/mol. The van der Waals surface area contributed by atoms with Gasteiger partial charge in [-0.3, -0.25) is 16.0 Å². The van der Waals surface area contributed by atoms with E-state index < -0.39 is 0 Å². The minimum atomic E-state index is 0.221. The van der Waals surface area contributed by atoms with Crippen molar-refractivity contribution in [1.29, 1.82) is 0 Å². The summed E-state index contributed by atoms with van der Waals surface area (Å²) in [6, 6.07) is 2.32. The molecule has 1 aromatic heterocycles. The molecule has 0 radical (unpaired) electrons. The largest absolute Gasteiger partial charge is 0.271 e. The van der Waals surface area contributed by atoms with Crippen LogP contribution in [0.25, 0.3) is 0 Å². The van der Waals surface area contributed by atoms with Gasteiger partial charge in [0.05, 0.1) is 11.7 Å². The third-order valence-electron chi connectivity index (χ3n) is 4.09. The minimum Gasteiger partial charge on any atom is -0.271 e. The van der Waals surface area contributed by atoms with Crippen LogP contribution in [0.15, 0.2) is 12.3 Å². The summed E-state index contributed by atoms with van der Waals surface area (Å²) in [5.41, 5.74) is 4.54. The van der Waals surface area contributed by atoms with Crippen molar-refractivity contribution >= 4 is 0 Å². The second kappa shape index (κ2) is 5.19. The molecule has 1 aliphatic rings. The maximum atomic E-state index is 5.80. The van der Waals surface area contributed by atoms with E-state index in [0.29, 0.717) is 0 Å². The van der Waals surface area contributed by atoms with Crippen LogP contribution in [0.3, 0.4) is 0 Å². The molecule has 17 heavy (non-hydrogen) atoms. The van der Waals surface area contributed by atoms with Crippen molar-refractivity contribution in [3.05, 3.63) is 18.0 Å². The highest BCUT2D eigenvalue weighted by Crippen LogP contribution is 2.46. The van der Waals surface area contributed by atoms with Crippen LogP contribution in [-0.4, -0.2) is 9.78 Å². The Kier molecular flexibility index (Phi) is 3.84. The lowest BCUT2D eigenvalue weighted by molar-refractivity contribution is 0.213. The van der Waals surface area contributed by atoms with Gasteiger partial charge in [-0.05, 0) is 30.7 Å². The van der Waals surface area contributed by atoms with Crippen LogP contribution in [0.1, 0.15) is 57.7 Å². The number of aryl methyl sites for hydroxylation is 1. The molecule has 1 fully saturated rings. The zero-order valence-corrected chi connectivity index (χ0v) is 10.9. The molecule has 0 aliphatic heterocycles. The highest BCUT2D eigenvalue weighted by atomic mass is 15.3. The lowest BCUT2D eigenvalue weighted by Gasteiger charge is -2.33. The lowest BCUT2D eigenvalue weighted by atomic mass is 9.79. The minimum absolute atomic E-state index is 0.221. The van der Waals surface area contributed by atoms with E-state index in [-0.39, 0.29) is 11.5 Å². The van der Waals surface area contributed by atoms with Crippen molar-refractivity contribution < 1.29 is 0 Å². The maximum absolute atomic E-state index is 5.80. The Morgan fingerprint density at radius 2 is 2.24 bits per heavy atom. The van der Waals surface area contributed by atoms with Crippen molar-refractivity contribution in [2.75, 3.05) is 0 Å². The van der Waals surface area contributed by atoms with Crippen LogP contribution in [0.5, 0.6) is 0 Å². The smallest absolute Gasteiger partial charge is 0.0682 e. The number of nitrogens with two attached hydrogens (primary N) is 1. The van der Waals surface area contributed by atoms with Crippen molar-refractivity contribution in [3.63, 3.8) is 0 Å². The van der Waals surface area contributed by atoms with Gasteiger partial charge in [0, 0.05) is 12.7 Å². The topological polar surface area (TPSA) is 55.9 Å². The third kappa shape index (κ3) is 2.38. The normalized spacial score (nSPS) is 20.6. The molecule has 0 spiro atoms. The highest BCUT2D eigenvalue weighted by molar-refractivity contribution is 5.12. The van der Waals surface area contributed by atoms with Gasteiger partial charge in [0.1, 0.15) is 0 Å². The van der Waals surface area contributed by atoms with E-state index in [1.807, 2.05) is 6.20 Å². The highest BCUT2D eigenvalue weighted by Gasteiger charge is 2.38. The summed E-state index contributed by atoms with van der Waals surface area (Å²) < 4.78 is 2.09. The molecule has 1 aliphatic carbocycles. The molecule has 4 heteroatoms. The Morgan fingerprint density at radius 3 is 2.82 bits per heavy atom. The molecule has 3 N–H and O–H groups in total. The molecule has 96 valence electrons. The fourth-order valence-corrected chi connectivity index (χ4v) is 3.10. The van der Waals surface area contributed by atoms with E-state index in [1.54, 1.807) is 0 Å². The number of nitrogens with one attached hydrogen (secondary N) is 1. The monoisotopic (exact) mass is 236 g/mol. The summed E-state index contributed by atoms with van der Waals surface area (Å²) in [6.45, 7) is 5.48. The number of hydrogen-bond acceptors (Lipinski definition) is 3. The first-order chi connectivity index (χ1) is 8.21. The number of aromatic nitrogens is 2. The van der Waals surface area contributed by atoms with Crippen molar-refractivity contribution in [1.82, 2.24) is 15.2 Å². The Labute approximate surface area is 104 Å². The van der Waals surface area contributed by atoms with Gasteiger partial charge in [0.25, 0.3) is 0 Å². The molecule has 1 atom stereocenters. The van der Waals surface area contributed by atoms with Crippen LogP contribution < -0.4 is 11.3 Å². The van der Waals surface area contributed by atoms with Crippen LogP contribution in [0.2, 0.25) is 0 Å². The Balaban J connectivity index is 2.25. The fourth-order valence-electron chi connectivity index (χ4n) is 3.10. The van der Waals surface area contributed by atoms with E-state index in [2.05, 4.69) is 35.1 Å². The van der Waals surface area contributed by atoms with Gasteiger partial charge in [0.15, 0.2) is 0 Å². The van der Waals surface area contributed by atoms with E-state index >= 15 is 0 Å². The number of rotatable bonds is 5. The molecule has 1 heterocycles. The summed E-state index contributed by atoms with van der Waals surface area (Å²) in [5, 5.41) is 4.40. The maximum Gasteiger partial charge on any atom is 0.0682 e. The molecular weight excluding hydrogens is 212 g/mol. The summed E-state index contributed by atoms with van der Waals surface area (Å²) in [7, 11) is 0. The first kappa shape index (κ1) is 12.6. The molecule has 0 saturated heterocycles. The van der Waals surface area contributed by atoms with E-state index in [0.717, 1.165) is 13.0 Å². The molecule has 1 saturated carbocycles. The fraction of sp³-hybridized carbons (Fsp3) is 0.769. The van der Waals surface area contributed by atoms with Crippen molar-refractivity contribution in [2.24, 2.45) is 11.3 Å². The third-order valence-corrected chi connectivity index (χ3v) is 4.09. The molecular formula is C13H24N4. The predicted octanol–water partition coefficient (Wildman–Crippen LogP) is 2.38. The van der Waals surface area contributed by atoms with Crippen LogP contribution in [0.4, 0.5) is 0 Å². The molecule has 1 aromatic rings. The van der Waals surface area contributed by atoms with Gasteiger partial charge in [-0.25, -0.2) is 0 Å². The number of hydrogen-bond donors (Lipinski definition) is 2. The van der Waals surface area contributed by atoms with E-state index in [1.165, 1.54) is 31.4 Å². The zero-order valence-electron chi connectivity index (χ0n) is 10.9. The van der Waals surface area contributed by atoms with Crippen LogP contribution in [-0.2, 0) is 6.54 Å². The molecule has 2 rings (SSSR count). The molecule has 0 amide bonds. The quantitative estimate of drug-likeness (QED) is 0.609. The predicted molar refractivity (Wildman–Crippen MR) is 69.2 cm³/mol. The van der Waals surface area contributed by atoms with E-state index in [9.17, 15) is 0 Å². The SMILES string of the molecule is CCCn1nccc1C(NN)C1(C)CCCC1. The van der Waals surface area contributed by atoms with Crippen LogP contribution >= 0.6 is 0 Å². The molecule has 0 aromatic carbocycles. The summed E-state index contributed by atoms with van der Waals surface area (Å²) in [6.07, 6.45) is 8.11. The first-order valence-electron chi connectivity index (χ1n) is 6.69. The van der Waals surface area contributed by atoms with Crippen molar-refractivity contribution in [2.45, 2.75) is 58.5 Å². The average Bonchev–Trinajstić information content (AvgIpc) is 2.91. The van der Waals surface area contributed by atoms with Gasteiger partial charge in [-0.1, -0.05) is 26.7 Å². The standard InChI is InChI=1S/C13H24N4/c1-3-10-17-11(6-9-15-17)12(16-14)13(2)7-4-5-8-13/h6,9,12,16H,3-5,7-8,10,14H2,1-2H3. The Morgan fingerprint density at radius 1 is 1.53 bits per heavy atom.